The van der Waals surface area contributed by atoms with Crippen LogP contribution >= 0.6 is 0 Å². The molecule has 0 amide bonds. The summed E-state index contributed by atoms with van der Waals surface area (Å²) in [5.74, 6) is 6.08. The van der Waals surface area contributed by atoms with Crippen LogP contribution in [0.1, 0.15) is 18.4 Å². The lowest BCUT2D eigenvalue weighted by atomic mass is 10.2. The number of rotatable bonds is 5. The van der Waals surface area contributed by atoms with Gasteiger partial charge in [-0.3, -0.25) is 0 Å². The van der Waals surface area contributed by atoms with Crippen LogP contribution in [-0.4, -0.2) is 28.1 Å². The van der Waals surface area contributed by atoms with Gasteiger partial charge in [-0.1, -0.05) is 11.8 Å². The highest BCUT2D eigenvalue weighted by Crippen LogP contribution is 2.28. The van der Waals surface area contributed by atoms with Crippen molar-refractivity contribution < 1.29 is 22.1 Å². The fourth-order valence-corrected chi connectivity index (χ4v) is 1.74. The molecule has 5 nitrogen and oxygen atoms in total. The third-order valence-corrected chi connectivity index (χ3v) is 2.51. The predicted molar refractivity (Wildman–Crippen MR) is 70.6 cm³/mol. The molecule has 102 valence electrons. The number of aldehydes is 1. The lowest BCUT2D eigenvalue weighted by molar-refractivity contribution is -0.107. The van der Waals surface area contributed by atoms with Crippen LogP contribution in [-0.2, 0) is 14.9 Å². The Labute approximate surface area is 112 Å². The van der Waals surface area contributed by atoms with Gasteiger partial charge < -0.3 is 13.7 Å². The first kappa shape index (κ1) is 15.1. The fourth-order valence-electron chi connectivity index (χ4n) is 1.27. The normalized spacial score (nSPS) is 10.2. The molecule has 0 bridgehead atoms. The molecule has 0 aromatic heterocycles. The summed E-state index contributed by atoms with van der Waals surface area (Å²) in [7, 11) is -2.19. The minimum atomic E-state index is -3.60. The Balaban J connectivity index is 2.94. The van der Waals surface area contributed by atoms with E-state index in [1.165, 1.54) is 13.2 Å². The van der Waals surface area contributed by atoms with Crippen LogP contribution in [0.3, 0.4) is 0 Å². The van der Waals surface area contributed by atoms with E-state index in [0.717, 1.165) is 12.5 Å². The number of benzene rings is 1. The van der Waals surface area contributed by atoms with Crippen molar-refractivity contribution in [3.63, 3.8) is 0 Å². The Morgan fingerprint density at radius 1 is 1.32 bits per heavy atom. The van der Waals surface area contributed by atoms with Crippen LogP contribution in [0.4, 0.5) is 0 Å². The maximum atomic E-state index is 11.1. The number of ether oxygens (including phenoxy) is 1. The van der Waals surface area contributed by atoms with Crippen molar-refractivity contribution in [2.24, 2.45) is 0 Å². The van der Waals surface area contributed by atoms with Crippen LogP contribution in [0.2, 0.25) is 0 Å². The summed E-state index contributed by atoms with van der Waals surface area (Å²) >= 11 is 0. The number of hydrogen-bond donors (Lipinski definition) is 0. The summed E-state index contributed by atoms with van der Waals surface area (Å²) in [6.07, 6.45) is 2.63. The highest BCUT2D eigenvalue weighted by atomic mass is 32.2. The third kappa shape index (κ3) is 5.44. The minimum Gasteiger partial charge on any atom is -0.493 e. The molecule has 0 radical (unpaired) electrons. The molecule has 0 unspecified atom stereocenters. The van der Waals surface area contributed by atoms with Gasteiger partial charge >= 0.3 is 10.1 Å². The molecule has 19 heavy (non-hydrogen) atoms. The zero-order valence-electron chi connectivity index (χ0n) is 10.7. The molecule has 0 saturated heterocycles. The van der Waals surface area contributed by atoms with Gasteiger partial charge in [0.05, 0.1) is 13.4 Å². The van der Waals surface area contributed by atoms with E-state index in [1.54, 1.807) is 12.1 Å². The Hall–Kier alpha value is -2.00. The van der Waals surface area contributed by atoms with Gasteiger partial charge in [-0.25, -0.2) is 0 Å². The summed E-state index contributed by atoms with van der Waals surface area (Å²) in [5.41, 5.74) is 0.656. The summed E-state index contributed by atoms with van der Waals surface area (Å²) in [5, 5.41) is 0. The molecular formula is C13H14O5S. The molecule has 0 fully saturated rings. The molecule has 0 saturated carbocycles. The number of carbonyl (C=O) groups is 1. The predicted octanol–water partition coefficient (Wildman–Crippen LogP) is 1.36. The first-order valence-corrected chi connectivity index (χ1v) is 7.28. The number of unbranched alkanes of at least 4 members (excludes halogenated alkanes) is 1. The van der Waals surface area contributed by atoms with Gasteiger partial charge in [-0.15, -0.1) is 0 Å². The summed E-state index contributed by atoms with van der Waals surface area (Å²) in [6.45, 7) is 0. The topological polar surface area (TPSA) is 69.7 Å². The Morgan fingerprint density at radius 2 is 2.05 bits per heavy atom. The monoisotopic (exact) mass is 282 g/mol. The van der Waals surface area contributed by atoms with Gasteiger partial charge in [0.2, 0.25) is 0 Å². The van der Waals surface area contributed by atoms with Gasteiger partial charge in [0, 0.05) is 18.4 Å². The molecule has 0 aliphatic heterocycles. The van der Waals surface area contributed by atoms with Crippen LogP contribution in [0, 0.1) is 11.8 Å². The largest absolute Gasteiger partial charge is 0.493 e. The van der Waals surface area contributed by atoms with E-state index < -0.39 is 10.1 Å². The van der Waals surface area contributed by atoms with Crippen molar-refractivity contribution in [1.29, 1.82) is 0 Å². The van der Waals surface area contributed by atoms with Crippen molar-refractivity contribution in [3.8, 4) is 23.3 Å². The van der Waals surface area contributed by atoms with Crippen molar-refractivity contribution in [1.82, 2.24) is 0 Å². The van der Waals surface area contributed by atoms with Crippen LogP contribution in [0.5, 0.6) is 11.5 Å². The molecule has 0 N–H and O–H groups in total. The van der Waals surface area contributed by atoms with Crippen LogP contribution in [0.25, 0.3) is 0 Å². The average molecular weight is 282 g/mol. The molecular weight excluding hydrogens is 268 g/mol. The van der Waals surface area contributed by atoms with Crippen molar-refractivity contribution in [2.75, 3.05) is 13.4 Å². The Kier molecular flexibility index (Phi) is 5.39. The second-order valence-corrected chi connectivity index (χ2v) is 5.24. The SMILES string of the molecule is COc1cc(C#CCCC=O)ccc1OS(C)(=O)=O. The van der Waals surface area contributed by atoms with Gasteiger partial charge in [-0.05, 0) is 18.2 Å². The molecule has 6 heteroatoms. The van der Waals surface area contributed by atoms with E-state index in [1.807, 2.05) is 0 Å². The van der Waals surface area contributed by atoms with Gasteiger partial charge in [-0.2, -0.15) is 8.42 Å². The lowest BCUT2D eigenvalue weighted by Gasteiger charge is -2.08. The molecule has 1 aromatic rings. The smallest absolute Gasteiger partial charge is 0.306 e. The molecule has 0 atom stereocenters. The molecule has 0 heterocycles. The molecule has 1 rings (SSSR count). The summed E-state index contributed by atoms with van der Waals surface area (Å²) in [4.78, 5) is 10.1. The average Bonchev–Trinajstić information content (AvgIpc) is 2.34. The molecule has 0 aliphatic rings. The number of methoxy groups -OCH3 is 1. The third-order valence-electron chi connectivity index (χ3n) is 2.02. The number of hydrogen-bond acceptors (Lipinski definition) is 5. The summed E-state index contributed by atoms with van der Waals surface area (Å²) in [6, 6.07) is 4.68. The van der Waals surface area contributed by atoms with Gasteiger partial charge in [0.1, 0.15) is 6.29 Å². The van der Waals surface area contributed by atoms with Crippen molar-refractivity contribution >= 4 is 16.4 Å². The maximum absolute atomic E-state index is 11.1. The van der Waals surface area contributed by atoms with Crippen LogP contribution < -0.4 is 8.92 Å². The molecule has 0 aliphatic carbocycles. The first-order valence-electron chi connectivity index (χ1n) is 5.46. The quantitative estimate of drug-likeness (QED) is 0.353. The molecule has 1 aromatic carbocycles. The zero-order chi connectivity index (χ0) is 14.3. The van der Waals surface area contributed by atoms with E-state index in [9.17, 15) is 13.2 Å². The number of carbonyl (C=O) groups excluding carboxylic acids is 1. The second kappa shape index (κ2) is 6.81. The van der Waals surface area contributed by atoms with Gasteiger partial charge in [0.25, 0.3) is 0 Å². The first-order chi connectivity index (χ1) is 8.96. The second-order valence-electron chi connectivity index (χ2n) is 3.66. The van der Waals surface area contributed by atoms with Crippen molar-refractivity contribution in [2.45, 2.75) is 12.8 Å². The Bertz CT molecular complexity index is 608. The van der Waals surface area contributed by atoms with E-state index in [4.69, 9.17) is 8.92 Å². The zero-order valence-corrected chi connectivity index (χ0v) is 11.5. The lowest BCUT2D eigenvalue weighted by Crippen LogP contribution is -2.06. The highest BCUT2D eigenvalue weighted by molar-refractivity contribution is 7.86. The Morgan fingerprint density at radius 3 is 2.63 bits per heavy atom. The maximum Gasteiger partial charge on any atom is 0.306 e. The standard InChI is InChI=1S/C13H14O5S/c1-17-13-10-11(6-4-3-5-9-14)7-8-12(13)18-19(2,15)16/h7-10H,3,5H2,1-2H3. The van der Waals surface area contributed by atoms with E-state index in [0.29, 0.717) is 18.4 Å². The minimum absolute atomic E-state index is 0.114. The van der Waals surface area contributed by atoms with Gasteiger partial charge in [0.15, 0.2) is 11.5 Å². The van der Waals surface area contributed by atoms with E-state index in [-0.39, 0.29) is 11.5 Å². The fraction of sp³-hybridized carbons (Fsp3) is 0.308. The summed E-state index contributed by atoms with van der Waals surface area (Å²) < 4.78 is 31.9. The van der Waals surface area contributed by atoms with Crippen molar-refractivity contribution in [3.05, 3.63) is 23.8 Å². The highest BCUT2D eigenvalue weighted by Gasteiger charge is 2.10. The van der Waals surface area contributed by atoms with E-state index in [2.05, 4.69) is 11.8 Å². The molecule has 0 spiro atoms. The van der Waals surface area contributed by atoms with Crippen LogP contribution in [0.15, 0.2) is 18.2 Å². The van der Waals surface area contributed by atoms with E-state index >= 15 is 0 Å².